The summed E-state index contributed by atoms with van der Waals surface area (Å²) in [7, 11) is 1.57. The van der Waals surface area contributed by atoms with Gasteiger partial charge in [-0.15, -0.1) is 0 Å². The van der Waals surface area contributed by atoms with Crippen LogP contribution in [0.25, 0.3) is 0 Å². The van der Waals surface area contributed by atoms with E-state index in [4.69, 9.17) is 4.74 Å². The number of aromatic nitrogens is 1. The average Bonchev–Trinajstić information content (AvgIpc) is 2.74. The predicted octanol–water partition coefficient (Wildman–Crippen LogP) is 2.76. The molecule has 0 spiro atoms. The van der Waals surface area contributed by atoms with Crippen molar-refractivity contribution in [2.45, 2.75) is 32.9 Å². The Morgan fingerprint density at radius 3 is 2.54 bits per heavy atom. The minimum absolute atomic E-state index is 0.0795. The van der Waals surface area contributed by atoms with Crippen molar-refractivity contribution in [3.05, 3.63) is 53.7 Å². The average molecular weight is 383 g/mol. The molecule has 0 bridgehead atoms. The Morgan fingerprint density at radius 1 is 1.14 bits per heavy atom. The van der Waals surface area contributed by atoms with Gasteiger partial charge in [0.05, 0.1) is 0 Å². The van der Waals surface area contributed by atoms with Crippen LogP contribution in [0.4, 0.5) is 11.5 Å². The van der Waals surface area contributed by atoms with Gasteiger partial charge in [0, 0.05) is 57.3 Å². The van der Waals surface area contributed by atoms with Crippen molar-refractivity contribution in [1.29, 1.82) is 0 Å². The highest BCUT2D eigenvalue weighted by Crippen LogP contribution is 2.24. The Kier molecular flexibility index (Phi) is 6.87. The lowest BCUT2D eigenvalue weighted by atomic mass is 10.1. The molecule has 1 aliphatic heterocycles. The lowest BCUT2D eigenvalue weighted by Crippen LogP contribution is -2.47. The minimum atomic E-state index is -0.405. The van der Waals surface area contributed by atoms with E-state index in [0.717, 1.165) is 37.6 Å². The molecule has 6 nitrogen and oxygen atoms in total. The Morgan fingerprint density at radius 2 is 1.86 bits per heavy atom. The molecule has 3 rings (SSSR count). The van der Waals surface area contributed by atoms with E-state index in [1.807, 2.05) is 25.3 Å². The predicted molar refractivity (Wildman–Crippen MR) is 113 cm³/mol. The van der Waals surface area contributed by atoms with E-state index in [2.05, 4.69) is 51.3 Å². The highest BCUT2D eigenvalue weighted by molar-refractivity contribution is 5.80. The molecule has 1 amide bonds. The lowest BCUT2D eigenvalue weighted by Gasteiger charge is -2.38. The molecule has 0 radical (unpaired) electrons. The number of carbonyl (C=O) groups excluding carboxylic acids is 1. The second-order valence-corrected chi connectivity index (χ2v) is 7.10. The number of para-hydroxylation sites is 1. The zero-order chi connectivity index (χ0) is 19.9. The summed E-state index contributed by atoms with van der Waals surface area (Å²) in [6.45, 7) is 8.27. The van der Waals surface area contributed by atoms with Gasteiger partial charge in [-0.05, 0) is 31.0 Å². The van der Waals surface area contributed by atoms with Crippen LogP contribution in [0.2, 0.25) is 0 Å². The van der Waals surface area contributed by atoms with E-state index in [0.29, 0.717) is 13.0 Å². The monoisotopic (exact) mass is 382 g/mol. The largest absolute Gasteiger partial charge is 0.372 e. The van der Waals surface area contributed by atoms with Crippen LogP contribution >= 0.6 is 0 Å². The van der Waals surface area contributed by atoms with Crippen LogP contribution < -0.4 is 15.1 Å². The molecule has 1 aromatic carbocycles. The van der Waals surface area contributed by atoms with E-state index >= 15 is 0 Å². The van der Waals surface area contributed by atoms with Crippen LogP contribution in [0.1, 0.15) is 24.5 Å². The number of ether oxygens (including phenoxy) is 1. The summed E-state index contributed by atoms with van der Waals surface area (Å²) in [6.07, 6.45) is 2.07. The fourth-order valence-electron chi connectivity index (χ4n) is 3.69. The molecule has 28 heavy (non-hydrogen) atoms. The number of rotatable bonds is 7. The first kappa shape index (κ1) is 20.1. The van der Waals surface area contributed by atoms with Gasteiger partial charge in [-0.2, -0.15) is 0 Å². The molecule has 0 saturated carbocycles. The molecule has 1 aromatic heterocycles. The van der Waals surface area contributed by atoms with Gasteiger partial charge in [0.2, 0.25) is 5.91 Å². The number of anilines is 2. The number of benzene rings is 1. The molecule has 1 atom stereocenters. The maximum absolute atomic E-state index is 12.2. The highest BCUT2D eigenvalue weighted by atomic mass is 16.5. The Hall–Kier alpha value is -2.60. The van der Waals surface area contributed by atoms with Gasteiger partial charge >= 0.3 is 0 Å². The Labute approximate surface area is 167 Å². The van der Waals surface area contributed by atoms with Crippen LogP contribution in [-0.4, -0.2) is 50.3 Å². The van der Waals surface area contributed by atoms with Crippen LogP contribution in [0.15, 0.2) is 42.6 Å². The van der Waals surface area contributed by atoms with Crippen molar-refractivity contribution < 1.29 is 9.53 Å². The summed E-state index contributed by atoms with van der Waals surface area (Å²) < 4.78 is 5.22. The SMILES string of the molecule is CC[C@H](OC)C(=O)NCc1cccnc1N1CCN(c2ccccc2C)CC1. The number of pyridine rings is 1. The molecule has 0 aliphatic carbocycles. The highest BCUT2D eigenvalue weighted by Gasteiger charge is 2.22. The molecule has 150 valence electrons. The Balaban J connectivity index is 1.64. The molecule has 1 fully saturated rings. The summed E-state index contributed by atoms with van der Waals surface area (Å²) in [6, 6.07) is 12.5. The van der Waals surface area contributed by atoms with Gasteiger partial charge in [0.15, 0.2) is 0 Å². The number of methoxy groups -OCH3 is 1. The first-order chi connectivity index (χ1) is 13.6. The number of nitrogens with zero attached hydrogens (tertiary/aromatic N) is 3. The second kappa shape index (κ2) is 9.55. The number of piperazine rings is 1. The first-order valence-electron chi connectivity index (χ1n) is 9.94. The van der Waals surface area contributed by atoms with Crippen molar-refractivity contribution in [2.24, 2.45) is 0 Å². The van der Waals surface area contributed by atoms with Crippen molar-refractivity contribution in [2.75, 3.05) is 43.1 Å². The Bertz CT molecular complexity index is 784. The van der Waals surface area contributed by atoms with Crippen LogP contribution in [-0.2, 0) is 16.1 Å². The van der Waals surface area contributed by atoms with Gasteiger partial charge in [-0.25, -0.2) is 4.98 Å². The number of amides is 1. The standard InChI is InChI=1S/C22H30N4O2/c1-4-20(28-3)22(27)24-16-18-9-7-11-23-21(18)26-14-12-25(13-15-26)19-10-6-5-8-17(19)2/h5-11,20H,4,12-16H2,1-3H3,(H,24,27)/t20-/m0/s1. The zero-order valence-electron chi connectivity index (χ0n) is 17.0. The molecular formula is C22H30N4O2. The minimum Gasteiger partial charge on any atom is -0.372 e. The maximum Gasteiger partial charge on any atom is 0.249 e. The van der Waals surface area contributed by atoms with Crippen LogP contribution in [0, 0.1) is 6.92 Å². The lowest BCUT2D eigenvalue weighted by molar-refractivity contribution is -0.131. The summed E-state index contributed by atoms with van der Waals surface area (Å²) in [5.41, 5.74) is 3.65. The van der Waals surface area contributed by atoms with Crippen molar-refractivity contribution >= 4 is 17.4 Å². The second-order valence-electron chi connectivity index (χ2n) is 7.10. The number of hydrogen-bond acceptors (Lipinski definition) is 5. The molecule has 1 aliphatic rings. The summed E-state index contributed by atoms with van der Waals surface area (Å²) in [5.74, 6) is 0.877. The van der Waals surface area contributed by atoms with Gasteiger partial charge in [-0.1, -0.05) is 31.2 Å². The van der Waals surface area contributed by atoms with Crippen molar-refractivity contribution in [3.8, 4) is 0 Å². The summed E-state index contributed by atoms with van der Waals surface area (Å²) in [4.78, 5) is 21.6. The maximum atomic E-state index is 12.2. The van der Waals surface area contributed by atoms with Crippen LogP contribution in [0.5, 0.6) is 0 Å². The third-order valence-corrected chi connectivity index (χ3v) is 5.30. The van der Waals surface area contributed by atoms with E-state index in [1.165, 1.54) is 11.3 Å². The number of carbonyl (C=O) groups is 1. The molecule has 1 saturated heterocycles. The van der Waals surface area contributed by atoms with E-state index in [9.17, 15) is 4.79 Å². The molecule has 1 N–H and O–H groups in total. The number of aryl methyl sites for hydroxylation is 1. The molecule has 6 heteroatoms. The first-order valence-corrected chi connectivity index (χ1v) is 9.94. The van der Waals surface area contributed by atoms with Crippen molar-refractivity contribution in [3.63, 3.8) is 0 Å². The topological polar surface area (TPSA) is 57.7 Å². The summed E-state index contributed by atoms with van der Waals surface area (Å²) >= 11 is 0. The van der Waals surface area contributed by atoms with Gasteiger partial charge in [-0.3, -0.25) is 4.79 Å². The fourth-order valence-corrected chi connectivity index (χ4v) is 3.69. The number of nitrogens with one attached hydrogen (secondary N) is 1. The number of hydrogen-bond donors (Lipinski definition) is 1. The van der Waals surface area contributed by atoms with Gasteiger partial charge in [0.1, 0.15) is 11.9 Å². The molecule has 0 unspecified atom stereocenters. The van der Waals surface area contributed by atoms with E-state index in [-0.39, 0.29) is 5.91 Å². The van der Waals surface area contributed by atoms with Crippen molar-refractivity contribution in [1.82, 2.24) is 10.3 Å². The molecular weight excluding hydrogens is 352 g/mol. The summed E-state index contributed by atoms with van der Waals surface area (Å²) in [5, 5.41) is 2.98. The third-order valence-electron chi connectivity index (χ3n) is 5.30. The fraction of sp³-hybridized carbons (Fsp3) is 0.455. The molecule has 2 aromatic rings. The van der Waals surface area contributed by atoms with E-state index in [1.54, 1.807) is 7.11 Å². The van der Waals surface area contributed by atoms with Crippen LogP contribution in [0.3, 0.4) is 0 Å². The van der Waals surface area contributed by atoms with E-state index < -0.39 is 6.10 Å². The smallest absolute Gasteiger partial charge is 0.249 e. The zero-order valence-corrected chi connectivity index (χ0v) is 17.0. The molecule has 2 heterocycles. The normalized spacial score (nSPS) is 15.4. The van der Waals surface area contributed by atoms with Gasteiger partial charge < -0.3 is 19.9 Å². The third kappa shape index (κ3) is 4.62. The van der Waals surface area contributed by atoms with Gasteiger partial charge in [0.25, 0.3) is 0 Å². The quantitative estimate of drug-likeness (QED) is 0.798.